The van der Waals surface area contributed by atoms with E-state index >= 15 is 0 Å². The predicted octanol–water partition coefficient (Wildman–Crippen LogP) is 4.47. The standard InChI is InChI=1S/C22H20N2O3/c1-27-17-8-6-16(7-9-17)24-20-4-2-3-18(20)19-12-14(5-10-21(19)24)11-15(13-23)22(25)26/h5-12,18,20H,2-4H2,1H3,(H,25,26)/b15-11-. The van der Waals surface area contributed by atoms with Crippen molar-refractivity contribution in [1.29, 1.82) is 5.26 Å². The van der Waals surface area contributed by atoms with Crippen LogP contribution < -0.4 is 9.64 Å². The van der Waals surface area contributed by atoms with E-state index in [1.807, 2.05) is 30.3 Å². The van der Waals surface area contributed by atoms with Gasteiger partial charge in [0, 0.05) is 23.3 Å². The number of methoxy groups -OCH3 is 1. The monoisotopic (exact) mass is 360 g/mol. The van der Waals surface area contributed by atoms with Crippen molar-refractivity contribution in [3.8, 4) is 11.8 Å². The fraction of sp³-hybridized carbons (Fsp3) is 0.273. The van der Waals surface area contributed by atoms with Gasteiger partial charge in [0.05, 0.1) is 7.11 Å². The molecular formula is C22H20N2O3. The third-order valence-corrected chi connectivity index (χ3v) is 5.53. The summed E-state index contributed by atoms with van der Waals surface area (Å²) in [5.74, 6) is 0.0711. The average Bonchev–Trinajstić information content (AvgIpc) is 3.26. The number of anilines is 2. The second kappa shape index (κ2) is 6.81. The highest BCUT2D eigenvalue weighted by molar-refractivity contribution is 5.96. The van der Waals surface area contributed by atoms with Gasteiger partial charge >= 0.3 is 5.97 Å². The summed E-state index contributed by atoms with van der Waals surface area (Å²) in [7, 11) is 1.66. The minimum atomic E-state index is -1.20. The number of fused-ring (bicyclic) bond motifs is 3. The zero-order valence-corrected chi connectivity index (χ0v) is 15.1. The molecule has 1 heterocycles. The quantitative estimate of drug-likeness (QED) is 0.643. The van der Waals surface area contributed by atoms with Crippen molar-refractivity contribution < 1.29 is 14.6 Å². The van der Waals surface area contributed by atoms with Crippen LogP contribution in [-0.4, -0.2) is 24.2 Å². The summed E-state index contributed by atoms with van der Waals surface area (Å²) < 4.78 is 5.27. The molecule has 2 aromatic carbocycles. The molecule has 4 rings (SSSR count). The molecule has 0 spiro atoms. The number of aliphatic carboxylic acids is 1. The van der Waals surface area contributed by atoms with Crippen LogP contribution in [0.4, 0.5) is 11.4 Å². The van der Waals surface area contributed by atoms with Crippen LogP contribution in [0.2, 0.25) is 0 Å². The number of hydrogen-bond acceptors (Lipinski definition) is 4. The molecule has 0 saturated heterocycles. The Kier molecular flexibility index (Phi) is 4.33. The van der Waals surface area contributed by atoms with Crippen molar-refractivity contribution in [2.24, 2.45) is 0 Å². The maximum atomic E-state index is 11.1. The molecule has 0 aromatic heterocycles. The molecule has 27 heavy (non-hydrogen) atoms. The van der Waals surface area contributed by atoms with E-state index in [0.717, 1.165) is 29.8 Å². The SMILES string of the molecule is COc1ccc(N2c3ccc(/C=C(/C#N)C(=O)O)cc3C3CCCC32)cc1. The van der Waals surface area contributed by atoms with E-state index in [4.69, 9.17) is 15.1 Å². The molecule has 1 N–H and O–H groups in total. The van der Waals surface area contributed by atoms with E-state index in [-0.39, 0.29) is 5.57 Å². The predicted molar refractivity (Wildman–Crippen MR) is 103 cm³/mol. The number of ether oxygens (including phenoxy) is 1. The number of rotatable bonds is 4. The first-order valence-electron chi connectivity index (χ1n) is 9.04. The Morgan fingerprint density at radius 1 is 1.26 bits per heavy atom. The summed E-state index contributed by atoms with van der Waals surface area (Å²) in [4.78, 5) is 13.5. The summed E-state index contributed by atoms with van der Waals surface area (Å²) in [5, 5.41) is 18.1. The van der Waals surface area contributed by atoms with E-state index in [1.165, 1.54) is 23.7 Å². The number of hydrogen-bond donors (Lipinski definition) is 1. The lowest BCUT2D eigenvalue weighted by atomic mass is 9.95. The fourth-order valence-electron chi connectivity index (χ4n) is 4.35. The molecule has 2 unspecified atom stereocenters. The molecule has 5 heteroatoms. The highest BCUT2D eigenvalue weighted by Crippen LogP contribution is 2.52. The Morgan fingerprint density at radius 2 is 2.04 bits per heavy atom. The Labute approximate surface area is 158 Å². The van der Waals surface area contributed by atoms with Crippen LogP contribution in [0.1, 0.15) is 36.3 Å². The second-order valence-corrected chi connectivity index (χ2v) is 6.97. The maximum absolute atomic E-state index is 11.1. The van der Waals surface area contributed by atoms with Gasteiger partial charge in [0.1, 0.15) is 17.4 Å². The molecular weight excluding hydrogens is 340 g/mol. The third-order valence-electron chi connectivity index (χ3n) is 5.53. The van der Waals surface area contributed by atoms with Crippen molar-refractivity contribution in [3.05, 3.63) is 59.2 Å². The van der Waals surface area contributed by atoms with Gasteiger partial charge < -0.3 is 14.7 Å². The molecule has 2 aromatic rings. The molecule has 0 amide bonds. The minimum Gasteiger partial charge on any atom is -0.497 e. The number of carboxylic acids is 1. The number of benzene rings is 2. The van der Waals surface area contributed by atoms with Crippen LogP contribution in [0.25, 0.3) is 6.08 Å². The van der Waals surface area contributed by atoms with Gasteiger partial charge in [-0.1, -0.05) is 12.5 Å². The smallest absolute Gasteiger partial charge is 0.346 e. The Morgan fingerprint density at radius 3 is 2.70 bits per heavy atom. The van der Waals surface area contributed by atoms with Gasteiger partial charge in [-0.25, -0.2) is 4.79 Å². The highest BCUT2D eigenvalue weighted by Gasteiger charge is 2.42. The van der Waals surface area contributed by atoms with Gasteiger partial charge in [-0.15, -0.1) is 0 Å². The lowest BCUT2D eigenvalue weighted by molar-refractivity contribution is -0.132. The molecule has 5 nitrogen and oxygen atoms in total. The number of nitriles is 1. The number of nitrogens with zero attached hydrogens (tertiary/aromatic N) is 2. The molecule has 1 aliphatic carbocycles. The summed E-state index contributed by atoms with van der Waals surface area (Å²) >= 11 is 0. The van der Waals surface area contributed by atoms with Crippen molar-refractivity contribution in [2.45, 2.75) is 31.2 Å². The first-order valence-corrected chi connectivity index (χ1v) is 9.04. The highest BCUT2D eigenvalue weighted by atomic mass is 16.5. The van der Waals surface area contributed by atoms with E-state index in [9.17, 15) is 4.79 Å². The van der Waals surface area contributed by atoms with E-state index < -0.39 is 5.97 Å². The average molecular weight is 360 g/mol. The van der Waals surface area contributed by atoms with Crippen molar-refractivity contribution in [3.63, 3.8) is 0 Å². The molecule has 2 atom stereocenters. The molecule has 0 radical (unpaired) electrons. The van der Waals surface area contributed by atoms with Gasteiger partial charge in [0.25, 0.3) is 0 Å². The van der Waals surface area contributed by atoms with Gasteiger partial charge in [-0.3, -0.25) is 0 Å². The zero-order valence-electron chi connectivity index (χ0n) is 15.1. The van der Waals surface area contributed by atoms with Gasteiger partial charge in [0.2, 0.25) is 0 Å². The van der Waals surface area contributed by atoms with Gasteiger partial charge in [0.15, 0.2) is 0 Å². The van der Waals surface area contributed by atoms with Crippen LogP contribution >= 0.6 is 0 Å². The Bertz CT molecular complexity index is 957. The lowest BCUT2D eigenvalue weighted by Gasteiger charge is -2.27. The van der Waals surface area contributed by atoms with Crippen LogP contribution in [0.3, 0.4) is 0 Å². The van der Waals surface area contributed by atoms with E-state index in [2.05, 4.69) is 17.0 Å². The second-order valence-electron chi connectivity index (χ2n) is 6.97. The Balaban J connectivity index is 1.76. The van der Waals surface area contributed by atoms with Gasteiger partial charge in [-0.05, 0) is 66.4 Å². The summed E-state index contributed by atoms with van der Waals surface area (Å²) in [5.41, 5.74) is 4.06. The minimum absolute atomic E-state index is 0.247. The lowest BCUT2D eigenvalue weighted by Crippen LogP contribution is -2.26. The zero-order chi connectivity index (χ0) is 19.0. The maximum Gasteiger partial charge on any atom is 0.346 e. The summed E-state index contributed by atoms with van der Waals surface area (Å²) in [6.45, 7) is 0. The third kappa shape index (κ3) is 2.93. The number of carbonyl (C=O) groups is 1. The van der Waals surface area contributed by atoms with Crippen LogP contribution in [0, 0.1) is 11.3 Å². The molecule has 2 aliphatic rings. The largest absolute Gasteiger partial charge is 0.497 e. The molecule has 136 valence electrons. The topological polar surface area (TPSA) is 73.6 Å². The van der Waals surface area contributed by atoms with Crippen molar-refractivity contribution >= 4 is 23.4 Å². The van der Waals surface area contributed by atoms with Crippen LogP contribution in [0.15, 0.2) is 48.0 Å². The van der Waals surface area contributed by atoms with Crippen LogP contribution in [0.5, 0.6) is 5.75 Å². The van der Waals surface area contributed by atoms with Crippen LogP contribution in [-0.2, 0) is 4.79 Å². The van der Waals surface area contributed by atoms with E-state index in [1.54, 1.807) is 13.2 Å². The Hall–Kier alpha value is -3.26. The van der Waals surface area contributed by atoms with Gasteiger partial charge in [-0.2, -0.15) is 5.26 Å². The fourth-order valence-corrected chi connectivity index (χ4v) is 4.35. The molecule has 1 aliphatic heterocycles. The summed E-state index contributed by atoms with van der Waals surface area (Å²) in [6, 6.07) is 16.2. The summed E-state index contributed by atoms with van der Waals surface area (Å²) in [6.07, 6.45) is 4.89. The number of carboxylic acid groups (broad SMARTS) is 1. The molecule has 0 bridgehead atoms. The normalized spacial score (nSPS) is 20.7. The molecule has 1 saturated carbocycles. The first-order chi connectivity index (χ1) is 13.1. The van der Waals surface area contributed by atoms with Crippen molar-refractivity contribution in [2.75, 3.05) is 12.0 Å². The first kappa shape index (κ1) is 17.2. The van der Waals surface area contributed by atoms with E-state index in [0.29, 0.717) is 12.0 Å². The molecule has 1 fully saturated rings. The van der Waals surface area contributed by atoms with Crippen molar-refractivity contribution in [1.82, 2.24) is 0 Å².